The lowest BCUT2D eigenvalue weighted by atomic mass is 9.78. The molecule has 1 N–H and O–H groups in total. The summed E-state index contributed by atoms with van der Waals surface area (Å²) in [4.78, 5) is 34.7. The molecule has 3 aliphatic carbocycles. The van der Waals surface area contributed by atoms with Crippen molar-refractivity contribution in [1.82, 2.24) is 14.9 Å². The second-order valence-electron chi connectivity index (χ2n) is 8.59. The van der Waals surface area contributed by atoms with E-state index in [0.717, 1.165) is 0 Å². The average Bonchev–Trinajstić information content (AvgIpc) is 3.62. The number of halogens is 3. The average molecular weight is 427 g/mol. The molecule has 1 heterocycles. The van der Waals surface area contributed by atoms with E-state index in [1.54, 1.807) is 0 Å². The normalized spacial score (nSPS) is 29.8. The highest BCUT2D eigenvalue weighted by molar-refractivity contribution is 6.30. The second kappa shape index (κ2) is 8.13. The number of carbonyl (C=O) groups excluding carboxylic acids is 2. The summed E-state index contributed by atoms with van der Waals surface area (Å²) in [7, 11) is 0. The van der Waals surface area contributed by atoms with E-state index in [9.17, 15) is 18.4 Å². The van der Waals surface area contributed by atoms with Gasteiger partial charge in [-0.25, -0.2) is 18.7 Å². The van der Waals surface area contributed by atoms with E-state index in [1.165, 1.54) is 17.3 Å². The molecular weight excluding hydrogens is 402 g/mol. The Bertz CT molecular complexity index is 766. The summed E-state index contributed by atoms with van der Waals surface area (Å²) in [5.41, 5.74) is -1.01. The molecule has 3 saturated carbocycles. The predicted octanol–water partition coefficient (Wildman–Crippen LogP) is 3.56. The number of carbonyl (C=O) groups is 2. The summed E-state index contributed by atoms with van der Waals surface area (Å²) < 4.78 is 27.7. The van der Waals surface area contributed by atoms with Crippen molar-refractivity contribution >= 4 is 29.4 Å². The number of nitrogens with zero attached hydrogens (tertiary/aromatic N) is 3. The molecule has 3 aliphatic rings. The first-order valence-electron chi connectivity index (χ1n) is 10.2. The van der Waals surface area contributed by atoms with Crippen molar-refractivity contribution < 1.29 is 18.4 Å². The van der Waals surface area contributed by atoms with Crippen LogP contribution < -0.4 is 5.32 Å². The van der Waals surface area contributed by atoms with Crippen molar-refractivity contribution in [2.75, 3.05) is 18.4 Å². The molecule has 0 saturated heterocycles. The zero-order chi connectivity index (χ0) is 20.6. The molecule has 158 valence electrons. The van der Waals surface area contributed by atoms with Crippen LogP contribution in [0.1, 0.15) is 44.9 Å². The summed E-state index contributed by atoms with van der Waals surface area (Å²) in [6.07, 6.45) is 6.13. The summed E-state index contributed by atoms with van der Waals surface area (Å²) in [6, 6.07) is 0. The summed E-state index contributed by atoms with van der Waals surface area (Å²) in [5, 5.41) is 2.89. The van der Waals surface area contributed by atoms with Gasteiger partial charge in [-0.05, 0) is 50.9 Å². The fourth-order valence-electron chi connectivity index (χ4n) is 4.27. The number of nitrogens with one attached hydrogen (secondary N) is 1. The largest absolute Gasteiger partial charge is 0.333 e. The van der Waals surface area contributed by atoms with Gasteiger partial charge in [-0.3, -0.25) is 14.9 Å². The van der Waals surface area contributed by atoms with Crippen LogP contribution in [-0.2, 0) is 9.59 Å². The smallest absolute Gasteiger partial charge is 0.246 e. The maximum absolute atomic E-state index is 14.3. The lowest BCUT2D eigenvalue weighted by Crippen LogP contribution is -2.44. The van der Waals surface area contributed by atoms with Crippen LogP contribution in [0.25, 0.3) is 0 Å². The van der Waals surface area contributed by atoms with Gasteiger partial charge in [-0.15, -0.1) is 0 Å². The minimum atomic E-state index is -1.01. The van der Waals surface area contributed by atoms with Crippen molar-refractivity contribution in [3.05, 3.63) is 17.4 Å². The molecule has 3 fully saturated rings. The molecule has 0 aromatic carbocycles. The maximum atomic E-state index is 14.3. The second-order valence-corrected chi connectivity index (χ2v) is 9.02. The van der Waals surface area contributed by atoms with Crippen LogP contribution in [0.5, 0.6) is 0 Å². The van der Waals surface area contributed by atoms with Gasteiger partial charge in [0.15, 0.2) is 0 Å². The van der Waals surface area contributed by atoms with Gasteiger partial charge in [0.25, 0.3) is 0 Å². The Morgan fingerprint density at radius 3 is 2.38 bits per heavy atom. The zero-order valence-corrected chi connectivity index (χ0v) is 16.9. The molecule has 4 rings (SSSR count). The number of hydrogen-bond donors (Lipinski definition) is 1. The van der Waals surface area contributed by atoms with Crippen LogP contribution in [0.2, 0.25) is 5.02 Å². The molecule has 0 spiro atoms. The monoisotopic (exact) mass is 426 g/mol. The van der Waals surface area contributed by atoms with Gasteiger partial charge >= 0.3 is 0 Å². The molecule has 6 nitrogen and oxygen atoms in total. The molecule has 1 unspecified atom stereocenters. The Morgan fingerprint density at radius 1 is 1.21 bits per heavy atom. The van der Waals surface area contributed by atoms with E-state index < -0.39 is 17.7 Å². The quantitative estimate of drug-likeness (QED) is 0.723. The predicted molar refractivity (Wildman–Crippen MR) is 104 cm³/mol. The van der Waals surface area contributed by atoms with E-state index in [-0.39, 0.29) is 42.7 Å². The molecule has 0 bridgehead atoms. The van der Waals surface area contributed by atoms with Gasteiger partial charge < -0.3 is 4.90 Å². The van der Waals surface area contributed by atoms with Gasteiger partial charge in [0, 0.05) is 18.4 Å². The SMILES string of the molecule is O=C(CN(CC1C[C@@H]1F)C(=O)C1CCC(C2(F)CC2)CC1)Nc1ncc(Cl)cn1. The van der Waals surface area contributed by atoms with Crippen LogP contribution in [0.15, 0.2) is 12.4 Å². The van der Waals surface area contributed by atoms with Crippen molar-refractivity contribution in [3.8, 4) is 0 Å². The first-order valence-corrected chi connectivity index (χ1v) is 10.6. The first-order chi connectivity index (χ1) is 13.8. The highest BCUT2D eigenvalue weighted by atomic mass is 35.5. The van der Waals surface area contributed by atoms with Crippen LogP contribution in [0.3, 0.4) is 0 Å². The van der Waals surface area contributed by atoms with Crippen LogP contribution >= 0.6 is 11.6 Å². The standard InChI is InChI=1S/C20H25ClF2N4O2/c21-15-8-24-19(25-9-15)26-17(28)11-27(10-13-7-16(13)22)18(29)12-1-3-14(4-2-12)20(23)5-6-20/h8-9,12-14,16H,1-7,10-11H2,(H,24,25,26,28)/t12?,13?,14?,16-/m0/s1. The Kier molecular flexibility index (Phi) is 5.73. The van der Waals surface area contributed by atoms with E-state index in [1.807, 2.05) is 0 Å². The Balaban J connectivity index is 1.35. The fraction of sp³-hybridized carbons (Fsp3) is 0.700. The van der Waals surface area contributed by atoms with E-state index in [2.05, 4.69) is 15.3 Å². The number of aromatic nitrogens is 2. The number of alkyl halides is 2. The Morgan fingerprint density at radius 2 is 1.83 bits per heavy atom. The van der Waals surface area contributed by atoms with Gasteiger partial charge in [0.05, 0.1) is 24.0 Å². The van der Waals surface area contributed by atoms with Gasteiger partial charge in [0.2, 0.25) is 17.8 Å². The van der Waals surface area contributed by atoms with Crippen LogP contribution in [-0.4, -0.2) is 51.6 Å². The lowest BCUT2D eigenvalue weighted by Gasteiger charge is -2.33. The summed E-state index contributed by atoms with van der Waals surface area (Å²) in [5.74, 6) is -0.881. The molecule has 9 heteroatoms. The molecule has 2 amide bonds. The van der Waals surface area contributed by atoms with Crippen LogP contribution in [0, 0.1) is 17.8 Å². The number of hydrogen-bond acceptors (Lipinski definition) is 4. The summed E-state index contributed by atoms with van der Waals surface area (Å²) in [6.45, 7) is 0.0445. The minimum Gasteiger partial charge on any atom is -0.333 e. The molecule has 1 aromatic heterocycles. The van der Waals surface area contributed by atoms with Crippen molar-refractivity contribution in [1.29, 1.82) is 0 Å². The van der Waals surface area contributed by atoms with Crippen LogP contribution in [0.4, 0.5) is 14.7 Å². The Hall–Kier alpha value is -1.83. The Labute approximate surface area is 173 Å². The molecule has 2 atom stereocenters. The zero-order valence-electron chi connectivity index (χ0n) is 16.1. The molecule has 0 radical (unpaired) electrons. The highest BCUT2D eigenvalue weighted by Crippen LogP contribution is 2.52. The number of rotatable bonds is 7. The van der Waals surface area contributed by atoms with Gasteiger partial charge in [-0.1, -0.05) is 11.6 Å². The fourth-order valence-corrected chi connectivity index (χ4v) is 4.37. The van der Waals surface area contributed by atoms with Crippen molar-refractivity contribution in [2.24, 2.45) is 17.8 Å². The van der Waals surface area contributed by atoms with Crippen molar-refractivity contribution in [2.45, 2.75) is 56.8 Å². The number of anilines is 1. The first kappa shape index (κ1) is 20.4. The lowest BCUT2D eigenvalue weighted by molar-refractivity contribution is -0.140. The highest BCUT2D eigenvalue weighted by Gasteiger charge is 2.51. The summed E-state index contributed by atoms with van der Waals surface area (Å²) >= 11 is 5.73. The van der Waals surface area contributed by atoms with E-state index in [0.29, 0.717) is 50.0 Å². The maximum Gasteiger partial charge on any atom is 0.246 e. The van der Waals surface area contributed by atoms with Crippen molar-refractivity contribution in [3.63, 3.8) is 0 Å². The number of amides is 2. The van der Waals surface area contributed by atoms with Gasteiger partial charge in [0.1, 0.15) is 11.8 Å². The molecular formula is C20H25ClF2N4O2. The topological polar surface area (TPSA) is 75.2 Å². The third-order valence-electron chi connectivity index (χ3n) is 6.34. The molecule has 29 heavy (non-hydrogen) atoms. The van der Waals surface area contributed by atoms with E-state index >= 15 is 0 Å². The third-order valence-corrected chi connectivity index (χ3v) is 6.54. The molecule has 1 aromatic rings. The molecule has 0 aliphatic heterocycles. The van der Waals surface area contributed by atoms with E-state index in [4.69, 9.17) is 11.6 Å². The minimum absolute atomic E-state index is 0.0454. The van der Waals surface area contributed by atoms with Gasteiger partial charge in [-0.2, -0.15) is 0 Å². The third kappa shape index (κ3) is 5.02.